The van der Waals surface area contributed by atoms with Crippen LogP contribution in [0.25, 0.3) is 0 Å². The molecule has 0 unspecified atom stereocenters. The Labute approximate surface area is 314 Å². The monoisotopic (exact) mass is 787 g/mol. The van der Waals surface area contributed by atoms with Gasteiger partial charge in [0.25, 0.3) is 21.9 Å². The Balaban J connectivity index is 1.44. The third-order valence-corrected chi connectivity index (χ3v) is 14.4. The Bertz CT molecular complexity index is 2050. The van der Waals surface area contributed by atoms with Gasteiger partial charge in [-0.2, -0.15) is 17.0 Å². The molecule has 2 atom stereocenters. The van der Waals surface area contributed by atoms with Crippen molar-refractivity contribution in [2.24, 2.45) is 0 Å². The number of rotatable bonds is 18. The maximum absolute atomic E-state index is 14.6. The summed E-state index contributed by atoms with van der Waals surface area (Å²) in [6.07, 6.45) is 5.59. The number of carbonyl (C=O) groups excluding carboxylic acids is 2. The topological polar surface area (TPSA) is 156 Å². The van der Waals surface area contributed by atoms with Gasteiger partial charge in [-0.05, 0) is 82.3 Å². The van der Waals surface area contributed by atoms with Gasteiger partial charge in [-0.3, -0.25) is 18.7 Å². The van der Waals surface area contributed by atoms with Gasteiger partial charge in [0.2, 0.25) is 20.0 Å². The van der Waals surface area contributed by atoms with Crippen molar-refractivity contribution in [1.82, 2.24) is 13.5 Å². The zero-order valence-electron chi connectivity index (χ0n) is 30.5. The summed E-state index contributed by atoms with van der Waals surface area (Å²) in [7, 11) is -11.8. The minimum absolute atomic E-state index is 0.00191. The van der Waals surface area contributed by atoms with Gasteiger partial charge in [0.1, 0.15) is 0 Å². The molecule has 53 heavy (non-hydrogen) atoms. The zero-order chi connectivity index (χ0) is 38.4. The van der Waals surface area contributed by atoms with E-state index in [9.17, 15) is 34.8 Å². The fraction of sp³-hybridized carbons (Fsp3) is 0.474. The summed E-state index contributed by atoms with van der Waals surface area (Å²) in [6.45, 7) is 3.87. The first kappa shape index (κ1) is 40.7. The first-order chi connectivity index (χ1) is 25.1. The summed E-state index contributed by atoms with van der Waals surface area (Å²) in [4.78, 5) is 27.6. The van der Waals surface area contributed by atoms with Gasteiger partial charge in [0.05, 0.1) is 33.8 Å². The van der Waals surface area contributed by atoms with Crippen LogP contribution in [0.5, 0.6) is 0 Å². The number of hydrogen-bond donors (Lipinski definition) is 0. The van der Waals surface area contributed by atoms with Crippen LogP contribution in [0.1, 0.15) is 89.6 Å². The van der Waals surface area contributed by atoms with Crippen molar-refractivity contribution in [3.63, 3.8) is 0 Å². The molecular formula is C38H49N3O9S3. The Morgan fingerprint density at radius 1 is 0.623 bits per heavy atom. The SMILES string of the molecule is Cc1ccc(S(=O)(=O)N(CCCCCCOS(C)(=O)=O)[C@@H]2CCCC[C@H]2N(CCCN2C(=O)c3ccccc3C2=O)S(=O)(=O)c2ccc(C)cc2)cc1. The van der Waals surface area contributed by atoms with E-state index in [1.165, 1.54) is 8.61 Å². The molecule has 0 spiro atoms. The van der Waals surface area contributed by atoms with E-state index < -0.39 is 54.1 Å². The van der Waals surface area contributed by atoms with Crippen molar-refractivity contribution < 1.29 is 39.0 Å². The lowest BCUT2D eigenvalue weighted by molar-refractivity contribution is 0.0646. The molecule has 5 rings (SSSR count). The van der Waals surface area contributed by atoms with Gasteiger partial charge in [-0.1, -0.05) is 73.2 Å². The molecule has 1 fully saturated rings. The second-order valence-corrected chi connectivity index (χ2v) is 19.3. The van der Waals surface area contributed by atoms with Crippen molar-refractivity contribution in [3.8, 4) is 0 Å². The van der Waals surface area contributed by atoms with Gasteiger partial charge in [-0.25, -0.2) is 16.8 Å². The van der Waals surface area contributed by atoms with E-state index in [4.69, 9.17) is 4.18 Å². The molecule has 2 amide bonds. The van der Waals surface area contributed by atoms with Crippen LogP contribution in [0.3, 0.4) is 0 Å². The highest BCUT2D eigenvalue weighted by Crippen LogP contribution is 2.35. The molecular weight excluding hydrogens is 739 g/mol. The van der Waals surface area contributed by atoms with Crippen LogP contribution in [0.4, 0.5) is 0 Å². The average Bonchev–Trinajstić information content (AvgIpc) is 3.36. The summed E-state index contributed by atoms with van der Waals surface area (Å²) < 4.78 is 88.6. The molecule has 1 aliphatic carbocycles. The van der Waals surface area contributed by atoms with Gasteiger partial charge in [0.15, 0.2) is 0 Å². The van der Waals surface area contributed by atoms with Gasteiger partial charge >= 0.3 is 0 Å². The molecule has 0 aromatic heterocycles. The summed E-state index contributed by atoms with van der Waals surface area (Å²) in [5, 5.41) is 0. The molecule has 0 radical (unpaired) electrons. The number of benzene rings is 3. The predicted octanol–water partition coefficient (Wildman–Crippen LogP) is 5.52. The maximum Gasteiger partial charge on any atom is 0.264 e. The fourth-order valence-electron chi connectivity index (χ4n) is 7.14. The van der Waals surface area contributed by atoms with Crippen LogP contribution < -0.4 is 0 Å². The van der Waals surface area contributed by atoms with Gasteiger partial charge < -0.3 is 0 Å². The van der Waals surface area contributed by atoms with Crippen molar-refractivity contribution in [3.05, 3.63) is 95.1 Å². The van der Waals surface area contributed by atoms with Crippen LogP contribution in [-0.4, -0.2) is 95.2 Å². The number of nitrogens with zero attached hydrogens (tertiary/aromatic N) is 3. The van der Waals surface area contributed by atoms with Gasteiger partial charge in [-0.15, -0.1) is 0 Å². The van der Waals surface area contributed by atoms with E-state index in [1.807, 2.05) is 13.8 Å². The summed E-state index contributed by atoms with van der Waals surface area (Å²) >= 11 is 0. The highest BCUT2D eigenvalue weighted by molar-refractivity contribution is 7.89. The Morgan fingerprint density at radius 2 is 1.06 bits per heavy atom. The molecule has 15 heteroatoms. The average molecular weight is 788 g/mol. The van der Waals surface area contributed by atoms with E-state index >= 15 is 0 Å². The number of carbonyl (C=O) groups is 2. The molecule has 288 valence electrons. The molecule has 0 N–H and O–H groups in total. The summed E-state index contributed by atoms with van der Waals surface area (Å²) in [5.41, 5.74) is 2.41. The van der Waals surface area contributed by atoms with Crippen LogP contribution in [0, 0.1) is 13.8 Å². The first-order valence-electron chi connectivity index (χ1n) is 18.1. The largest absolute Gasteiger partial charge is 0.274 e. The molecule has 0 saturated heterocycles. The molecule has 12 nitrogen and oxygen atoms in total. The zero-order valence-corrected chi connectivity index (χ0v) is 33.0. The Hall–Kier alpha value is -3.47. The Kier molecular flexibility index (Phi) is 13.3. The first-order valence-corrected chi connectivity index (χ1v) is 22.8. The van der Waals surface area contributed by atoms with Crippen molar-refractivity contribution in [2.75, 3.05) is 32.5 Å². The third-order valence-electron chi connectivity index (χ3n) is 9.90. The highest BCUT2D eigenvalue weighted by Gasteiger charge is 2.44. The lowest BCUT2D eigenvalue weighted by Gasteiger charge is -2.44. The normalized spacial score (nSPS) is 18.2. The number of imide groups is 1. The lowest BCUT2D eigenvalue weighted by Crippen LogP contribution is -2.57. The van der Waals surface area contributed by atoms with Crippen LogP contribution in [0.15, 0.2) is 82.6 Å². The second kappa shape index (κ2) is 17.3. The highest BCUT2D eigenvalue weighted by atomic mass is 32.2. The fourth-order valence-corrected chi connectivity index (χ4v) is 11.0. The van der Waals surface area contributed by atoms with E-state index in [0.29, 0.717) is 62.5 Å². The maximum atomic E-state index is 14.6. The second-order valence-electron chi connectivity index (χ2n) is 13.9. The van der Waals surface area contributed by atoms with Crippen LogP contribution in [-0.2, 0) is 34.3 Å². The van der Waals surface area contributed by atoms with Crippen LogP contribution in [0.2, 0.25) is 0 Å². The molecule has 1 heterocycles. The van der Waals surface area contributed by atoms with Crippen LogP contribution >= 0.6 is 0 Å². The van der Waals surface area contributed by atoms with Gasteiger partial charge in [0, 0.05) is 31.7 Å². The molecule has 3 aromatic rings. The number of sulfonamides is 2. The Morgan fingerprint density at radius 3 is 1.51 bits per heavy atom. The standard InChI is InChI=1S/C38H49N3O9S3/c1-29-17-21-31(22-18-29)52(46,47)40(26-10-4-5-11-28-50-51(3,44)45)35-15-8-9-16-36(35)41(53(48,49)32-23-19-30(2)20-24-32)27-12-25-39-37(42)33-13-6-7-14-34(33)38(39)43/h6-7,13-14,17-24,35-36H,4-5,8-12,15-16,25-28H2,1-3H3/t35-,36-/m1/s1. The lowest BCUT2D eigenvalue weighted by atomic mass is 9.90. The minimum Gasteiger partial charge on any atom is -0.274 e. The van der Waals surface area contributed by atoms with E-state index in [1.54, 1.807) is 72.8 Å². The minimum atomic E-state index is -4.16. The smallest absolute Gasteiger partial charge is 0.264 e. The van der Waals surface area contributed by atoms with E-state index in [0.717, 1.165) is 22.3 Å². The molecule has 0 bridgehead atoms. The summed E-state index contributed by atoms with van der Waals surface area (Å²) in [5.74, 6) is -0.848. The predicted molar refractivity (Wildman–Crippen MR) is 202 cm³/mol. The molecule has 1 aliphatic heterocycles. The third kappa shape index (κ3) is 9.80. The number of fused-ring (bicyclic) bond motifs is 1. The molecule has 1 saturated carbocycles. The molecule has 3 aromatic carbocycles. The van der Waals surface area contributed by atoms with Crippen molar-refractivity contribution in [1.29, 1.82) is 0 Å². The molecule has 2 aliphatic rings. The van der Waals surface area contributed by atoms with E-state index in [-0.39, 0.29) is 42.5 Å². The van der Waals surface area contributed by atoms with Crippen molar-refractivity contribution >= 4 is 42.0 Å². The number of amides is 2. The summed E-state index contributed by atoms with van der Waals surface area (Å²) in [6, 6.07) is 18.3. The van der Waals surface area contributed by atoms with E-state index in [2.05, 4.69) is 0 Å². The number of hydrogen-bond acceptors (Lipinski definition) is 9. The number of unbranched alkanes of at least 4 members (excludes halogenated alkanes) is 3. The number of aryl methyl sites for hydroxylation is 2. The van der Waals surface area contributed by atoms with Crippen molar-refractivity contribution in [2.45, 2.75) is 93.5 Å². The quantitative estimate of drug-likeness (QED) is 0.0921.